The fourth-order valence-electron chi connectivity index (χ4n) is 6.74. The molecule has 3 N–H and O–H groups in total. The first-order chi connectivity index (χ1) is 25.1. The lowest BCUT2D eigenvalue weighted by Gasteiger charge is -2.49. The number of benzene rings is 1. The Labute approximate surface area is 316 Å². The first kappa shape index (κ1) is 41.1. The van der Waals surface area contributed by atoms with Crippen LogP contribution in [0.5, 0.6) is 0 Å². The van der Waals surface area contributed by atoms with E-state index in [-0.39, 0.29) is 47.2 Å². The number of halogens is 3. The topological polar surface area (TPSA) is 135 Å². The predicted octanol–water partition coefficient (Wildman–Crippen LogP) is 7.68. The van der Waals surface area contributed by atoms with Gasteiger partial charge in [-0.25, -0.2) is 22.9 Å². The van der Waals surface area contributed by atoms with E-state index in [2.05, 4.69) is 54.5 Å². The number of nitrogens with zero attached hydrogens (tertiary/aromatic N) is 3. The molecule has 5 rings (SSSR count). The molecule has 2 amide bonds. The molecule has 0 saturated carbocycles. The molecule has 1 unspecified atom stereocenters. The number of methoxy groups -OCH3 is 1. The van der Waals surface area contributed by atoms with Crippen molar-refractivity contribution in [3.05, 3.63) is 70.4 Å². The highest BCUT2D eigenvalue weighted by Crippen LogP contribution is 2.44. The second-order valence-electron chi connectivity index (χ2n) is 16.8. The predicted molar refractivity (Wildman–Crippen MR) is 202 cm³/mol. The molecule has 3 heterocycles. The zero-order valence-electron chi connectivity index (χ0n) is 32.7. The number of rotatable bonds is 9. The summed E-state index contributed by atoms with van der Waals surface area (Å²) < 4.78 is 62.9. The Morgan fingerprint density at radius 1 is 1.04 bits per heavy atom. The number of carbonyl (C=O) groups excluding carboxylic acids is 2. The van der Waals surface area contributed by atoms with Gasteiger partial charge in [-0.05, 0) is 81.6 Å². The fourth-order valence-corrected chi connectivity index (χ4v) is 8.17. The van der Waals surface area contributed by atoms with Crippen LogP contribution in [0.4, 0.5) is 29.3 Å². The van der Waals surface area contributed by atoms with Crippen molar-refractivity contribution >= 4 is 31.7 Å². The minimum atomic E-state index is -2.32. The molecular weight excluding hydrogens is 720 g/mol. The molecule has 0 spiro atoms. The maximum absolute atomic E-state index is 15.1. The highest BCUT2D eigenvalue weighted by atomic mass is 28.4. The van der Waals surface area contributed by atoms with Crippen molar-refractivity contribution in [3.8, 4) is 11.3 Å². The normalized spacial score (nSPS) is 20.4. The second-order valence-corrected chi connectivity index (χ2v) is 21.5. The molecule has 1 aromatic carbocycles. The van der Waals surface area contributed by atoms with Crippen LogP contribution >= 0.6 is 0 Å². The van der Waals surface area contributed by atoms with Gasteiger partial charge in [0, 0.05) is 31.7 Å². The quantitative estimate of drug-likeness (QED) is 0.187. The van der Waals surface area contributed by atoms with Gasteiger partial charge in [0.1, 0.15) is 34.4 Å². The third-order valence-corrected chi connectivity index (χ3v) is 14.8. The smallest absolute Gasteiger partial charge is 0.408 e. The average Bonchev–Trinajstić information content (AvgIpc) is 3.41. The van der Waals surface area contributed by atoms with Crippen LogP contribution in [-0.2, 0) is 26.9 Å². The zero-order chi connectivity index (χ0) is 39.9. The monoisotopic (exact) mass is 771 g/mol. The van der Waals surface area contributed by atoms with E-state index in [9.17, 15) is 14.7 Å². The molecule has 54 heavy (non-hydrogen) atoms. The highest BCUT2D eigenvalue weighted by molar-refractivity contribution is 6.74. The van der Waals surface area contributed by atoms with Gasteiger partial charge < -0.3 is 34.5 Å². The molecule has 294 valence electrons. The summed E-state index contributed by atoms with van der Waals surface area (Å²) in [5.41, 5.74) is -0.0871. The van der Waals surface area contributed by atoms with Gasteiger partial charge in [-0.1, -0.05) is 27.7 Å². The molecule has 0 radical (unpaired) electrons. The lowest BCUT2D eigenvalue weighted by molar-refractivity contribution is 0.0336. The number of alkyl carbamates (subject to hydrolysis) is 1. The van der Waals surface area contributed by atoms with Crippen molar-refractivity contribution < 1.29 is 41.8 Å². The molecule has 3 aromatic rings. The number of aliphatic hydroxyl groups is 1. The Morgan fingerprint density at radius 2 is 1.70 bits per heavy atom. The SMILES string of the molecule is COCc1cc(F)c(-c2nc(C(=O)Nc3cnc4c(c3N3C[C@H](C)[C@@H](O[Si](C)(C)C(C)(C)C)[C@H](NC(=O)OC(C)(C)C)C3)CCC4O)ccc2F)c(F)c1. The summed E-state index contributed by atoms with van der Waals surface area (Å²) in [4.78, 5) is 37.7. The zero-order valence-corrected chi connectivity index (χ0v) is 33.7. The van der Waals surface area contributed by atoms with Crippen LogP contribution in [0, 0.1) is 23.4 Å². The third kappa shape index (κ3) is 8.90. The molecule has 1 aliphatic carbocycles. The van der Waals surface area contributed by atoms with Crippen molar-refractivity contribution in [1.29, 1.82) is 0 Å². The van der Waals surface area contributed by atoms with Crippen LogP contribution in [0.3, 0.4) is 0 Å². The van der Waals surface area contributed by atoms with E-state index in [1.165, 1.54) is 13.3 Å². The fraction of sp³-hybridized carbons (Fsp3) is 0.538. The van der Waals surface area contributed by atoms with Gasteiger partial charge in [-0.3, -0.25) is 9.78 Å². The summed E-state index contributed by atoms with van der Waals surface area (Å²) in [5, 5.41) is 16.6. The number of hydrogen-bond donors (Lipinski definition) is 3. The minimum Gasteiger partial charge on any atom is -0.444 e. The number of amides is 2. The van der Waals surface area contributed by atoms with Crippen molar-refractivity contribution in [1.82, 2.24) is 15.3 Å². The summed E-state index contributed by atoms with van der Waals surface area (Å²) in [5.74, 6) is -4.02. The molecule has 11 nitrogen and oxygen atoms in total. The molecule has 1 fully saturated rings. The van der Waals surface area contributed by atoms with Crippen LogP contribution in [0.25, 0.3) is 11.3 Å². The van der Waals surface area contributed by atoms with Crippen LogP contribution in [0.2, 0.25) is 18.1 Å². The molecule has 4 atom stereocenters. The van der Waals surface area contributed by atoms with Gasteiger partial charge in [-0.15, -0.1) is 0 Å². The summed E-state index contributed by atoms with van der Waals surface area (Å²) in [6.45, 7) is 18.9. The number of nitrogens with one attached hydrogen (secondary N) is 2. The highest BCUT2D eigenvalue weighted by Gasteiger charge is 2.46. The van der Waals surface area contributed by atoms with Gasteiger partial charge in [0.25, 0.3) is 5.91 Å². The Kier molecular flexibility index (Phi) is 11.9. The molecule has 1 saturated heterocycles. The van der Waals surface area contributed by atoms with Crippen LogP contribution in [0.1, 0.15) is 88.3 Å². The third-order valence-electron chi connectivity index (χ3n) is 10.3. The van der Waals surface area contributed by atoms with E-state index in [1.807, 2.05) is 11.8 Å². The van der Waals surface area contributed by atoms with Gasteiger partial charge in [0.05, 0.1) is 53.7 Å². The van der Waals surface area contributed by atoms with Gasteiger partial charge >= 0.3 is 6.09 Å². The van der Waals surface area contributed by atoms with Crippen molar-refractivity contribution in [2.24, 2.45) is 5.92 Å². The largest absolute Gasteiger partial charge is 0.444 e. The van der Waals surface area contributed by atoms with Crippen molar-refractivity contribution in [2.45, 2.75) is 110 Å². The van der Waals surface area contributed by atoms with E-state index in [1.54, 1.807) is 20.8 Å². The number of pyridine rings is 2. The number of aromatic nitrogens is 2. The van der Waals surface area contributed by atoms with E-state index in [4.69, 9.17) is 13.9 Å². The lowest BCUT2D eigenvalue weighted by Crippen LogP contribution is -2.63. The lowest BCUT2D eigenvalue weighted by atomic mass is 9.91. The molecule has 2 aromatic heterocycles. The average molecular weight is 772 g/mol. The standard InChI is InChI=1S/C39H52F3N5O6Si/c1-21-18-47(19-29(46-37(50)52-38(2,3)4)35(21)53-54(9,10)39(5,6)7)34-23-11-14-30(48)32(23)43-17-28(34)45-36(49)27-13-12-24(40)33(44-27)31-25(41)15-22(20-51-8)16-26(31)42/h12-13,15-17,21,29-30,35,48H,11,14,18-20H2,1-10H3,(H,45,49)(H,46,50)/t21-,29+,30?,35+/m0/s1. The van der Waals surface area contributed by atoms with E-state index >= 15 is 13.2 Å². The summed E-state index contributed by atoms with van der Waals surface area (Å²) in [6.07, 6.45) is 0.581. The number of fused-ring (bicyclic) bond motifs is 1. The van der Waals surface area contributed by atoms with Gasteiger partial charge in [0.2, 0.25) is 0 Å². The second kappa shape index (κ2) is 15.6. The molecule has 1 aliphatic heterocycles. The summed E-state index contributed by atoms with van der Waals surface area (Å²) in [6, 6.07) is 3.58. The van der Waals surface area contributed by atoms with Crippen LogP contribution in [0.15, 0.2) is 30.5 Å². The number of aliphatic hydroxyl groups excluding tert-OH is 1. The Hall–Kier alpha value is -4.05. The maximum atomic E-state index is 15.1. The Balaban J connectivity index is 1.52. The number of piperidine rings is 1. The summed E-state index contributed by atoms with van der Waals surface area (Å²) >= 11 is 0. The number of ether oxygens (including phenoxy) is 2. The molecule has 2 aliphatic rings. The maximum Gasteiger partial charge on any atom is 0.408 e. The van der Waals surface area contributed by atoms with Crippen molar-refractivity contribution in [3.63, 3.8) is 0 Å². The molecule has 0 bridgehead atoms. The van der Waals surface area contributed by atoms with E-state index < -0.39 is 66.8 Å². The molecule has 15 heteroatoms. The van der Waals surface area contributed by atoms with Gasteiger partial charge in [-0.2, -0.15) is 0 Å². The Morgan fingerprint density at radius 3 is 2.31 bits per heavy atom. The minimum absolute atomic E-state index is 0.0570. The number of hydrogen-bond acceptors (Lipinski definition) is 9. The molecular formula is C39H52F3N5O6Si. The summed E-state index contributed by atoms with van der Waals surface area (Å²) in [7, 11) is -0.937. The first-order valence-corrected chi connectivity index (χ1v) is 21.1. The van der Waals surface area contributed by atoms with Crippen LogP contribution in [-0.4, -0.2) is 73.3 Å². The van der Waals surface area contributed by atoms with Crippen LogP contribution < -0.4 is 15.5 Å². The van der Waals surface area contributed by atoms with E-state index in [0.717, 1.165) is 29.8 Å². The first-order valence-electron chi connectivity index (χ1n) is 18.2. The van der Waals surface area contributed by atoms with Crippen molar-refractivity contribution in [2.75, 3.05) is 30.4 Å². The van der Waals surface area contributed by atoms with Gasteiger partial charge in [0.15, 0.2) is 8.32 Å². The number of carbonyl (C=O) groups is 2. The van der Waals surface area contributed by atoms with E-state index in [0.29, 0.717) is 30.8 Å². The number of anilines is 2. The Bertz CT molecular complexity index is 1880.